The summed E-state index contributed by atoms with van der Waals surface area (Å²) in [4.78, 5) is 55.3. The number of hydrogen-bond acceptors (Lipinski definition) is 7. The van der Waals surface area contributed by atoms with E-state index in [1.54, 1.807) is 0 Å². The third-order valence-electron chi connectivity index (χ3n) is 4.46. The van der Waals surface area contributed by atoms with Gasteiger partial charge >= 0.3 is 5.97 Å². The van der Waals surface area contributed by atoms with Gasteiger partial charge in [0, 0.05) is 18.3 Å². The van der Waals surface area contributed by atoms with Crippen LogP contribution in [0.1, 0.15) is 39.8 Å². The number of rotatable bonds is 12. The first kappa shape index (κ1) is 26.0. The number of aromatic nitrogens is 2. The van der Waals surface area contributed by atoms with Crippen LogP contribution in [0.4, 0.5) is 0 Å². The number of aromatic amines is 1. The molecule has 1 aromatic rings. The van der Waals surface area contributed by atoms with Crippen LogP contribution >= 0.6 is 0 Å². The Hall–Kier alpha value is -2.99. The van der Waals surface area contributed by atoms with E-state index in [4.69, 9.17) is 10.8 Å². The highest BCUT2D eigenvalue weighted by Crippen LogP contribution is 2.07. The Morgan fingerprint density at radius 1 is 1.06 bits per heavy atom. The smallest absolute Gasteiger partial charge is 0.325 e. The van der Waals surface area contributed by atoms with Crippen LogP contribution in [0.25, 0.3) is 0 Å². The zero-order valence-electron chi connectivity index (χ0n) is 18.1. The van der Waals surface area contributed by atoms with Crippen molar-refractivity contribution in [2.75, 3.05) is 0 Å². The van der Waals surface area contributed by atoms with Gasteiger partial charge < -0.3 is 36.9 Å². The molecule has 1 rings (SSSR count). The maximum Gasteiger partial charge on any atom is 0.325 e. The summed E-state index contributed by atoms with van der Waals surface area (Å²) in [7, 11) is 0. The fourth-order valence-electron chi connectivity index (χ4n) is 2.73. The van der Waals surface area contributed by atoms with E-state index in [-0.39, 0.29) is 18.8 Å². The second-order valence-corrected chi connectivity index (χ2v) is 7.87. The standard InChI is InChI=1S/C19H32N6O6/c1-9(2)5-14(24-16(27)13(20)6-12-7-21-8-22-12)17(28)25-15(11(4)26)18(29)23-10(3)19(30)31/h7-11,13-15,26H,5-6,20H2,1-4H3,(H,21,22)(H,23,29)(H,24,27)(H,25,28)(H,30,31). The lowest BCUT2D eigenvalue weighted by Crippen LogP contribution is -2.59. The zero-order chi connectivity index (χ0) is 23.7. The molecule has 0 spiro atoms. The minimum atomic E-state index is -1.40. The summed E-state index contributed by atoms with van der Waals surface area (Å²) in [5.74, 6) is -3.36. The van der Waals surface area contributed by atoms with Crippen molar-refractivity contribution in [3.05, 3.63) is 18.2 Å². The summed E-state index contributed by atoms with van der Waals surface area (Å²) < 4.78 is 0. The van der Waals surface area contributed by atoms with E-state index >= 15 is 0 Å². The van der Waals surface area contributed by atoms with Gasteiger partial charge in [0.1, 0.15) is 18.1 Å². The third kappa shape index (κ3) is 8.72. The van der Waals surface area contributed by atoms with E-state index < -0.39 is 54.0 Å². The first-order chi connectivity index (χ1) is 14.4. The predicted molar refractivity (Wildman–Crippen MR) is 111 cm³/mol. The van der Waals surface area contributed by atoms with Gasteiger partial charge in [-0.3, -0.25) is 19.2 Å². The van der Waals surface area contributed by atoms with Crippen molar-refractivity contribution in [1.82, 2.24) is 25.9 Å². The van der Waals surface area contributed by atoms with E-state index in [2.05, 4.69) is 25.9 Å². The normalized spacial score (nSPS) is 16.0. The Labute approximate surface area is 180 Å². The predicted octanol–water partition coefficient (Wildman–Crippen LogP) is -1.73. The highest BCUT2D eigenvalue weighted by atomic mass is 16.4. The lowest BCUT2D eigenvalue weighted by molar-refractivity contribution is -0.142. The van der Waals surface area contributed by atoms with E-state index in [1.165, 1.54) is 26.4 Å². The summed E-state index contributed by atoms with van der Waals surface area (Å²) in [5.41, 5.74) is 6.58. The number of aliphatic hydroxyl groups excluding tert-OH is 1. The maximum atomic E-state index is 12.8. The van der Waals surface area contributed by atoms with Gasteiger partial charge in [0.25, 0.3) is 0 Å². The monoisotopic (exact) mass is 440 g/mol. The number of nitrogens with zero attached hydrogens (tertiary/aromatic N) is 1. The van der Waals surface area contributed by atoms with Crippen molar-refractivity contribution >= 4 is 23.7 Å². The van der Waals surface area contributed by atoms with Crippen LogP contribution in [0.5, 0.6) is 0 Å². The van der Waals surface area contributed by atoms with Crippen LogP contribution < -0.4 is 21.7 Å². The molecular formula is C19H32N6O6. The maximum absolute atomic E-state index is 12.8. The van der Waals surface area contributed by atoms with Crippen LogP contribution in [-0.2, 0) is 25.6 Å². The molecule has 5 atom stereocenters. The molecule has 12 nitrogen and oxygen atoms in total. The Morgan fingerprint density at radius 2 is 1.71 bits per heavy atom. The van der Waals surface area contributed by atoms with Crippen LogP contribution in [0.2, 0.25) is 0 Å². The SMILES string of the molecule is CC(C)CC(NC(=O)C(N)Cc1cnc[nH]1)C(=O)NC(C(=O)NC(C)C(=O)O)C(C)O. The average molecular weight is 441 g/mol. The lowest BCUT2D eigenvalue weighted by atomic mass is 10.0. The molecule has 0 aromatic carbocycles. The number of imidazole rings is 1. The van der Waals surface area contributed by atoms with Gasteiger partial charge in [-0.1, -0.05) is 13.8 Å². The number of H-pyrrole nitrogens is 1. The van der Waals surface area contributed by atoms with Gasteiger partial charge in [-0.2, -0.15) is 0 Å². The minimum Gasteiger partial charge on any atom is -0.480 e. The number of nitrogens with two attached hydrogens (primary N) is 1. The quantitative estimate of drug-likeness (QED) is 0.199. The molecule has 0 aliphatic carbocycles. The number of carbonyl (C=O) groups excluding carboxylic acids is 3. The van der Waals surface area contributed by atoms with Crippen LogP contribution in [0.3, 0.4) is 0 Å². The number of carbonyl (C=O) groups is 4. The summed E-state index contributed by atoms with van der Waals surface area (Å²) >= 11 is 0. The van der Waals surface area contributed by atoms with Crippen molar-refractivity contribution in [3.8, 4) is 0 Å². The number of nitrogens with one attached hydrogen (secondary N) is 4. The van der Waals surface area contributed by atoms with Crippen LogP contribution in [0, 0.1) is 5.92 Å². The third-order valence-corrected chi connectivity index (χ3v) is 4.46. The summed E-state index contributed by atoms with van der Waals surface area (Å²) in [6, 6.07) is -4.56. The first-order valence-electron chi connectivity index (χ1n) is 9.97. The Bertz CT molecular complexity index is 751. The molecule has 0 fully saturated rings. The number of carboxylic acid groups (broad SMARTS) is 1. The van der Waals surface area contributed by atoms with Gasteiger partial charge in [0.15, 0.2) is 0 Å². The van der Waals surface area contributed by atoms with Crippen molar-refractivity contribution in [2.45, 2.75) is 70.8 Å². The van der Waals surface area contributed by atoms with E-state index in [1.807, 2.05) is 13.8 Å². The van der Waals surface area contributed by atoms with E-state index in [0.29, 0.717) is 5.69 Å². The number of carboxylic acids is 1. The van der Waals surface area contributed by atoms with Gasteiger partial charge in [-0.25, -0.2) is 4.98 Å². The zero-order valence-corrected chi connectivity index (χ0v) is 18.1. The molecule has 5 unspecified atom stereocenters. The van der Waals surface area contributed by atoms with Gasteiger partial charge in [0.05, 0.1) is 18.5 Å². The molecule has 12 heteroatoms. The van der Waals surface area contributed by atoms with E-state index in [9.17, 15) is 24.3 Å². The van der Waals surface area contributed by atoms with E-state index in [0.717, 1.165) is 0 Å². The number of hydrogen-bond donors (Lipinski definition) is 7. The largest absolute Gasteiger partial charge is 0.480 e. The molecule has 1 aromatic heterocycles. The van der Waals surface area contributed by atoms with Crippen molar-refractivity contribution in [1.29, 1.82) is 0 Å². The minimum absolute atomic E-state index is 0.0192. The Morgan fingerprint density at radius 3 is 2.19 bits per heavy atom. The fraction of sp³-hybridized carbons (Fsp3) is 0.632. The van der Waals surface area contributed by atoms with Crippen molar-refractivity contribution in [3.63, 3.8) is 0 Å². The molecule has 1 heterocycles. The second-order valence-electron chi connectivity index (χ2n) is 7.87. The molecule has 0 bridgehead atoms. The lowest BCUT2D eigenvalue weighted by Gasteiger charge is -2.26. The average Bonchev–Trinajstić information content (AvgIpc) is 3.17. The van der Waals surface area contributed by atoms with Gasteiger partial charge in [0.2, 0.25) is 17.7 Å². The van der Waals surface area contributed by atoms with Crippen LogP contribution in [-0.4, -0.2) is 74.1 Å². The highest BCUT2D eigenvalue weighted by molar-refractivity contribution is 5.94. The highest BCUT2D eigenvalue weighted by Gasteiger charge is 2.32. The molecule has 8 N–H and O–H groups in total. The Balaban J connectivity index is 2.85. The molecule has 0 radical (unpaired) electrons. The molecular weight excluding hydrogens is 408 g/mol. The topological polar surface area (TPSA) is 200 Å². The summed E-state index contributed by atoms with van der Waals surface area (Å²) in [6.07, 6.45) is 2.14. The fourth-order valence-corrected chi connectivity index (χ4v) is 2.73. The summed E-state index contributed by atoms with van der Waals surface area (Å²) in [6.45, 7) is 6.24. The van der Waals surface area contributed by atoms with Crippen molar-refractivity contribution < 1.29 is 29.4 Å². The summed E-state index contributed by atoms with van der Waals surface area (Å²) in [5, 5.41) is 26.0. The molecule has 31 heavy (non-hydrogen) atoms. The molecule has 3 amide bonds. The second kappa shape index (κ2) is 12.0. The van der Waals surface area contributed by atoms with Gasteiger partial charge in [-0.05, 0) is 26.2 Å². The van der Waals surface area contributed by atoms with Crippen LogP contribution in [0.15, 0.2) is 12.5 Å². The molecule has 0 saturated heterocycles. The molecule has 0 saturated carbocycles. The number of amides is 3. The molecule has 0 aliphatic heterocycles. The Kier molecular flexibility index (Phi) is 10.1. The molecule has 0 aliphatic rings. The first-order valence-corrected chi connectivity index (χ1v) is 9.97. The number of aliphatic hydroxyl groups is 1. The number of aliphatic carboxylic acids is 1. The van der Waals surface area contributed by atoms with Gasteiger partial charge in [-0.15, -0.1) is 0 Å². The van der Waals surface area contributed by atoms with Crippen molar-refractivity contribution in [2.24, 2.45) is 11.7 Å². The molecule has 174 valence electrons.